The van der Waals surface area contributed by atoms with E-state index in [0.29, 0.717) is 10.8 Å². The monoisotopic (exact) mass is 351 g/mol. The Labute approximate surface area is 142 Å². The summed E-state index contributed by atoms with van der Waals surface area (Å²) in [6.07, 6.45) is 4.47. The lowest BCUT2D eigenvalue weighted by atomic mass is 10.2. The lowest BCUT2D eigenvalue weighted by Gasteiger charge is -2.19. The summed E-state index contributed by atoms with van der Waals surface area (Å²) in [4.78, 5) is 45.5. The molecule has 9 heteroatoms. The van der Waals surface area contributed by atoms with Gasteiger partial charge in [0, 0.05) is 27.2 Å². The number of carbonyl (C=O) groups excluding carboxylic acids is 1. The molecule has 0 unspecified atom stereocenters. The van der Waals surface area contributed by atoms with Crippen LogP contribution in [-0.2, 0) is 18.9 Å². The molecule has 1 amide bonds. The molecule has 8 nitrogen and oxygen atoms in total. The number of aryl methyl sites for hydroxylation is 1. The molecule has 1 saturated heterocycles. The van der Waals surface area contributed by atoms with E-state index in [0.717, 1.165) is 30.5 Å². The fourth-order valence-corrected chi connectivity index (χ4v) is 3.68. The van der Waals surface area contributed by atoms with Crippen LogP contribution in [0.2, 0.25) is 0 Å². The Morgan fingerprint density at radius 3 is 2.46 bits per heavy atom. The third kappa shape index (κ3) is 3.12. The average Bonchev–Trinajstić information content (AvgIpc) is 2.82. The predicted octanol–water partition coefficient (Wildman–Crippen LogP) is 0.455. The molecule has 0 atom stereocenters. The molecule has 0 aliphatic carbocycles. The zero-order chi connectivity index (χ0) is 17.3. The van der Waals surface area contributed by atoms with Crippen molar-refractivity contribution in [3.05, 3.63) is 20.8 Å². The third-order valence-electron chi connectivity index (χ3n) is 4.36. The van der Waals surface area contributed by atoms with Gasteiger partial charge < -0.3 is 9.88 Å². The first-order chi connectivity index (χ1) is 11.5. The Hall–Kier alpha value is -2.03. The molecule has 3 rings (SSSR count). The summed E-state index contributed by atoms with van der Waals surface area (Å²) in [7, 11) is 3.00. The van der Waals surface area contributed by atoms with Gasteiger partial charge in [0.2, 0.25) is 5.91 Å². The van der Waals surface area contributed by atoms with Crippen LogP contribution in [0.5, 0.6) is 0 Å². The van der Waals surface area contributed by atoms with Gasteiger partial charge in [-0.05, 0) is 12.8 Å². The van der Waals surface area contributed by atoms with Gasteiger partial charge in [0.25, 0.3) is 5.56 Å². The van der Waals surface area contributed by atoms with E-state index >= 15 is 0 Å². The van der Waals surface area contributed by atoms with Crippen molar-refractivity contribution >= 4 is 28.8 Å². The second-order valence-corrected chi connectivity index (χ2v) is 6.99. The zero-order valence-electron chi connectivity index (χ0n) is 13.9. The van der Waals surface area contributed by atoms with Gasteiger partial charge in [0.05, 0.1) is 5.75 Å². The molecule has 1 aliphatic rings. The number of nitrogens with zero attached hydrogens (tertiary/aromatic N) is 4. The number of H-pyrrole nitrogens is 1. The highest BCUT2D eigenvalue weighted by Gasteiger charge is 2.18. The Bertz CT molecular complexity index is 874. The SMILES string of the molecule is Cn1c(=O)c2[nH]c(SCC(=O)N3CCCCCC3)nc2n(C)c1=O. The standard InChI is InChI=1S/C15H21N5O3S/c1-18-12-11(13(22)19(2)15(18)23)16-14(17-12)24-9-10(21)20-7-5-3-4-6-8-20/h3-9H2,1-2H3,(H,16,17). The minimum atomic E-state index is -0.420. The molecule has 130 valence electrons. The Morgan fingerprint density at radius 2 is 1.79 bits per heavy atom. The van der Waals surface area contributed by atoms with E-state index in [2.05, 4.69) is 9.97 Å². The summed E-state index contributed by atoms with van der Waals surface area (Å²) in [6.45, 7) is 1.63. The van der Waals surface area contributed by atoms with Crippen LogP contribution in [0.4, 0.5) is 0 Å². The van der Waals surface area contributed by atoms with Gasteiger partial charge in [-0.3, -0.25) is 18.7 Å². The molecule has 3 heterocycles. The molecular formula is C15H21N5O3S. The number of hydrogen-bond donors (Lipinski definition) is 1. The highest BCUT2D eigenvalue weighted by atomic mass is 32.2. The largest absolute Gasteiger partial charge is 0.342 e. The van der Waals surface area contributed by atoms with Crippen molar-refractivity contribution in [3.8, 4) is 0 Å². The molecule has 0 bridgehead atoms. The Balaban J connectivity index is 1.77. The third-order valence-corrected chi connectivity index (χ3v) is 5.22. The lowest BCUT2D eigenvalue weighted by molar-refractivity contribution is -0.128. The maximum atomic E-state index is 12.3. The normalized spacial score (nSPS) is 15.7. The molecule has 1 fully saturated rings. The van der Waals surface area contributed by atoms with Crippen LogP contribution >= 0.6 is 11.8 Å². The number of carbonyl (C=O) groups is 1. The molecule has 0 spiro atoms. The summed E-state index contributed by atoms with van der Waals surface area (Å²) >= 11 is 1.26. The van der Waals surface area contributed by atoms with E-state index in [-0.39, 0.29) is 17.2 Å². The second kappa shape index (κ2) is 6.84. The van der Waals surface area contributed by atoms with Crippen molar-refractivity contribution in [2.75, 3.05) is 18.8 Å². The molecule has 2 aromatic rings. The number of aromatic amines is 1. The average molecular weight is 351 g/mol. The van der Waals surface area contributed by atoms with Crippen LogP contribution in [0.3, 0.4) is 0 Å². The minimum Gasteiger partial charge on any atom is -0.342 e. The van der Waals surface area contributed by atoms with E-state index in [4.69, 9.17) is 0 Å². The van der Waals surface area contributed by atoms with Crippen LogP contribution in [0.25, 0.3) is 11.2 Å². The van der Waals surface area contributed by atoms with Crippen molar-refractivity contribution in [1.82, 2.24) is 24.0 Å². The minimum absolute atomic E-state index is 0.0872. The van der Waals surface area contributed by atoms with Gasteiger partial charge in [0.1, 0.15) is 0 Å². The number of hydrogen-bond acceptors (Lipinski definition) is 5. The smallest absolute Gasteiger partial charge is 0.332 e. The van der Waals surface area contributed by atoms with Crippen molar-refractivity contribution in [2.24, 2.45) is 14.1 Å². The van der Waals surface area contributed by atoms with E-state index < -0.39 is 11.2 Å². The summed E-state index contributed by atoms with van der Waals surface area (Å²) in [5.74, 6) is 0.359. The highest BCUT2D eigenvalue weighted by Crippen LogP contribution is 2.18. The van der Waals surface area contributed by atoms with Crippen molar-refractivity contribution in [2.45, 2.75) is 30.8 Å². The summed E-state index contributed by atoms with van der Waals surface area (Å²) < 4.78 is 2.37. The summed E-state index contributed by atoms with van der Waals surface area (Å²) in [6, 6.07) is 0. The number of rotatable bonds is 3. The quantitative estimate of drug-likeness (QED) is 0.811. The maximum absolute atomic E-state index is 12.3. The zero-order valence-corrected chi connectivity index (χ0v) is 14.7. The second-order valence-electron chi connectivity index (χ2n) is 6.03. The molecule has 0 radical (unpaired) electrons. The van der Waals surface area contributed by atoms with Crippen LogP contribution in [0, 0.1) is 0 Å². The Kier molecular flexibility index (Phi) is 4.79. The molecule has 0 aromatic carbocycles. The van der Waals surface area contributed by atoms with Crippen molar-refractivity contribution < 1.29 is 4.79 Å². The van der Waals surface area contributed by atoms with Gasteiger partial charge in [-0.15, -0.1) is 0 Å². The first-order valence-electron chi connectivity index (χ1n) is 8.05. The van der Waals surface area contributed by atoms with Gasteiger partial charge in [-0.25, -0.2) is 9.78 Å². The first-order valence-corrected chi connectivity index (χ1v) is 9.04. The number of thioether (sulfide) groups is 1. The molecule has 1 aliphatic heterocycles. The molecule has 24 heavy (non-hydrogen) atoms. The fourth-order valence-electron chi connectivity index (χ4n) is 2.91. The van der Waals surface area contributed by atoms with E-state index in [9.17, 15) is 14.4 Å². The number of amides is 1. The van der Waals surface area contributed by atoms with Crippen molar-refractivity contribution in [3.63, 3.8) is 0 Å². The topological polar surface area (TPSA) is 93.0 Å². The van der Waals surface area contributed by atoms with Crippen LogP contribution in [0.1, 0.15) is 25.7 Å². The van der Waals surface area contributed by atoms with Crippen LogP contribution in [0.15, 0.2) is 14.7 Å². The molecule has 2 aromatic heterocycles. The van der Waals surface area contributed by atoms with Gasteiger partial charge in [0.15, 0.2) is 16.3 Å². The van der Waals surface area contributed by atoms with Crippen LogP contribution < -0.4 is 11.2 Å². The number of aromatic nitrogens is 4. The van der Waals surface area contributed by atoms with Crippen LogP contribution in [-0.4, -0.2) is 48.8 Å². The lowest BCUT2D eigenvalue weighted by Crippen LogP contribution is -2.36. The highest BCUT2D eigenvalue weighted by molar-refractivity contribution is 7.99. The summed E-state index contributed by atoms with van der Waals surface area (Å²) in [5, 5.41) is 0.478. The van der Waals surface area contributed by atoms with E-state index in [1.165, 1.54) is 36.2 Å². The predicted molar refractivity (Wildman–Crippen MR) is 92.3 cm³/mol. The maximum Gasteiger partial charge on any atom is 0.332 e. The number of likely N-dealkylation sites (tertiary alicyclic amines) is 1. The van der Waals surface area contributed by atoms with E-state index in [1.807, 2.05) is 4.90 Å². The first kappa shape index (κ1) is 16.8. The molecule has 1 N–H and O–H groups in total. The molecular weight excluding hydrogens is 330 g/mol. The number of fused-ring (bicyclic) bond motifs is 1. The van der Waals surface area contributed by atoms with E-state index in [1.54, 1.807) is 7.05 Å². The van der Waals surface area contributed by atoms with Gasteiger partial charge >= 0.3 is 5.69 Å². The van der Waals surface area contributed by atoms with Crippen molar-refractivity contribution in [1.29, 1.82) is 0 Å². The summed E-state index contributed by atoms with van der Waals surface area (Å²) in [5.41, 5.74) is -0.236. The van der Waals surface area contributed by atoms with Gasteiger partial charge in [-0.2, -0.15) is 0 Å². The fraction of sp³-hybridized carbons (Fsp3) is 0.600. The number of nitrogens with one attached hydrogen (secondary N) is 1. The number of imidazole rings is 1. The van der Waals surface area contributed by atoms with Gasteiger partial charge in [-0.1, -0.05) is 24.6 Å². The Morgan fingerprint density at radius 1 is 1.12 bits per heavy atom. The molecule has 0 saturated carbocycles.